The Morgan fingerprint density at radius 3 is 2.34 bits per heavy atom. The lowest BCUT2D eigenvalue weighted by Gasteiger charge is -2.29. The standard InChI is InChI=1S/C23H30ClN3O4S/c1-17-20(24)12-8-13-21(17)27(32(4,30)31)15-9-14-22(28)26(18(2)23(29)25-3)16-19-10-6-5-7-11-19/h5-8,10-13,18H,9,14-16H2,1-4H3,(H,25,29)/t18-/m0/s1. The zero-order chi connectivity index (χ0) is 23.9. The van der Waals surface area contributed by atoms with E-state index in [2.05, 4.69) is 5.32 Å². The first kappa shape index (κ1) is 25.7. The monoisotopic (exact) mass is 479 g/mol. The normalized spacial score (nSPS) is 12.2. The Labute approximate surface area is 195 Å². The van der Waals surface area contributed by atoms with Gasteiger partial charge in [0.25, 0.3) is 0 Å². The summed E-state index contributed by atoms with van der Waals surface area (Å²) in [6.45, 7) is 3.85. The Kier molecular flexibility index (Phi) is 9.09. The molecule has 2 aromatic carbocycles. The molecule has 2 amide bonds. The third-order valence-electron chi connectivity index (χ3n) is 5.27. The molecule has 1 atom stereocenters. The zero-order valence-electron chi connectivity index (χ0n) is 18.8. The molecule has 0 fully saturated rings. The van der Waals surface area contributed by atoms with Crippen molar-refractivity contribution in [2.45, 2.75) is 39.3 Å². The predicted octanol–water partition coefficient (Wildman–Crippen LogP) is 3.36. The van der Waals surface area contributed by atoms with Crippen LogP contribution in [0.4, 0.5) is 5.69 Å². The van der Waals surface area contributed by atoms with E-state index in [0.29, 0.717) is 22.7 Å². The molecule has 0 heterocycles. The first-order chi connectivity index (χ1) is 15.1. The molecule has 0 saturated heterocycles. The maximum Gasteiger partial charge on any atom is 0.242 e. The van der Waals surface area contributed by atoms with Gasteiger partial charge in [-0.05, 0) is 43.5 Å². The number of nitrogens with zero attached hydrogens (tertiary/aromatic N) is 2. The first-order valence-electron chi connectivity index (χ1n) is 10.3. The zero-order valence-corrected chi connectivity index (χ0v) is 20.4. The molecule has 0 unspecified atom stereocenters. The molecule has 1 N–H and O–H groups in total. The number of carbonyl (C=O) groups is 2. The minimum absolute atomic E-state index is 0.0970. The molecule has 0 radical (unpaired) electrons. The van der Waals surface area contributed by atoms with Crippen molar-refractivity contribution < 1.29 is 18.0 Å². The Balaban J connectivity index is 2.16. The van der Waals surface area contributed by atoms with Crippen LogP contribution >= 0.6 is 11.6 Å². The van der Waals surface area contributed by atoms with E-state index in [0.717, 1.165) is 11.8 Å². The van der Waals surface area contributed by atoms with Gasteiger partial charge in [0, 0.05) is 31.6 Å². The molecule has 2 aromatic rings. The molecule has 0 aliphatic carbocycles. The van der Waals surface area contributed by atoms with Gasteiger partial charge in [-0.3, -0.25) is 13.9 Å². The lowest BCUT2D eigenvalue weighted by molar-refractivity contribution is -0.140. The van der Waals surface area contributed by atoms with E-state index < -0.39 is 16.1 Å². The van der Waals surface area contributed by atoms with Crippen molar-refractivity contribution in [2.24, 2.45) is 0 Å². The van der Waals surface area contributed by atoms with E-state index in [9.17, 15) is 18.0 Å². The third kappa shape index (κ3) is 6.71. The van der Waals surface area contributed by atoms with E-state index in [1.54, 1.807) is 32.0 Å². The number of hydrogen-bond donors (Lipinski definition) is 1. The summed E-state index contributed by atoms with van der Waals surface area (Å²) >= 11 is 6.17. The highest BCUT2D eigenvalue weighted by molar-refractivity contribution is 7.92. The van der Waals surface area contributed by atoms with E-state index in [1.807, 2.05) is 30.3 Å². The van der Waals surface area contributed by atoms with E-state index >= 15 is 0 Å². The van der Waals surface area contributed by atoms with Gasteiger partial charge in [-0.15, -0.1) is 0 Å². The number of carbonyl (C=O) groups excluding carboxylic acids is 2. The van der Waals surface area contributed by atoms with Crippen LogP contribution < -0.4 is 9.62 Å². The summed E-state index contributed by atoms with van der Waals surface area (Å²) in [5, 5.41) is 3.05. The number of hydrogen-bond acceptors (Lipinski definition) is 4. The molecular formula is C23H30ClN3O4S. The molecule has 0 spiro atoms. The lowest BCUT2D eigenvalue weighted by atomic mass is 10.1. The number of anilines is 1. The maximum atomic E-state index is 13.1. The van der Waals surface area contributed by atoms with Crippen LogP contribution in [0.5, 0.6) is 0 Å². The molecule has 0 aliphatic heterocycles. The molecule has 9 heteroatoms. The van der Waals surface area contributed by atoms with Crippen molar-refractivity contribution >= 4 is 39.1 Å². The molecule has 32 heavy (non-hydrogen) atoms. The van der Waals surface area contributed by atoms with E-state index in [1.165, 1.54) is 16.3 Å². The van der Waals surface area contributed by atoms with Crippen molar-refractivity contribution in [3.63, 3.8) is 0 Å². The van der Waals surface area contributed by atoms with Crippen molar-refractivity contribution in [3.05, 3.63) is 64.7 Å². The SMILES string of the molecule is CNC(=O)[C@H](C)N(Cc1ccccc1)C(=O)CCCN(c1cccc(Cl)c1C)S(C)(=O)=O. The minimum Gasteiger partial charge on any atom is -0.357 e. The van der Waals surface area contributed by atoms with Gasteiger partial charge >= 0.3 is 0 Å². The van der Waals surface area contributed by atoms with Crippen LogP contribution in [0.3, 0.4) is 0 Å². The number of amides is 2. The van der Waals surface area contributed by atoms with Gasteiger partial charge in [0.15, 0.2) is 0 Å². The smallest absolute Gasteiger partial charge is 0.242 e. The summed E-state index contributed by atoms with van der Waals surface area (Å²) in [6, 6.07) is 13.9. The van der Waals surface area contributed by atoms with Gasteiger partial charge in [0.05, 0.1) is 11.9 Å². The highest BCUT2D eigenvalue weighted by Crippen LogP contribution is 2.28. The van der Waals surface area contributed by atoms with Gasteiger partial charge in [-0.2, -0.15) is 0 Å². The summed E-state index contributed by atoms with van der Waals surface area (Å²) < 4.78 is 26.1. The Morgan fingerprint density at radius 2 is 1.75 bits per heavy atom. The van der Waals surface area contributed by atoms with Gasteiger partial charge < -0.3 is 10.2 Å². The number of benzene rings is 2. The summed E-state index contributed by atoms with van der Waals surface area (Å²) in [7, 11) is -2.04. The third-order valence-corrected chi connectivity index (χ3v) is 6.86. The largest absolute Gasteiger partial charge is 0.357 e. The van der Waals surface area contributed by atoms with Crippen LogP contribution in [0, 0.1) is 6.92 Å². The number of halogens is 1. The molecule has 0 bridgehead atoms. The van der Waals surface area contributed by atoms with Crippen molar-refractivity contribution in [3.8, 4) is 0 Å². The average molecular weight is 480 g/mol. The topological polar surface area (TPSA) is 86.8 Å². The Hall–Kier alpha value is -2.58. The van der Waals surface area contributed by atoms with Crippen LogP contribution in [0.1, 0.15) is 30.9 Å². The summed E-state index contributed by atoms with van der Waals surface area (Å²) in [5.41, 5.74) is 2.06. The number of likely N-dealkylation sites (N-methyl/N-ethyl adjacent to an activating group) is 1. The maximum absolute atomic E-state index is 13.1. The molecule has 7 nitrogen and oxygen atoms in total. The highest BCUT2D eigenvalue weighted by atomic mass is 35.5. The van der Waals surface area contributed by atoms with E-state index in [4.69, 9.17) is 11.6 Å². The molecule has 0 aromatic heterocycles. The summed E-state index contributed by atoms with van der Waals surface area (Å²) in [5.74, 6) is -0.484. The van der Waals surface area contributed by atoms with Gasteiger partial charge in [0.1, 0.15) is 6.04 Å². The summed E-state index contributed by atoms with van der Waals surface area (Å²) in [4.78, 5) is 26.8. The lowest BCUT2D eigenvalue weighted by Crippen LogP contribution is -2.46. The number of rotatable bonds is 10. The quantitative estimate of drug-likeness (QED) is 0.566. The van der Waals surface area contributed by atoms with Crippen LogP contribution in [0.25, 0.3) is 0 Å². The Morgan fingerprint density at radius 1 is 1.09 bits per heavy atom. The van der Waals surface area contributed by atoms with Gasteiger partial charge in [-0.1, -0.05) is 48.0 Å². The van der Waals surface area contributed by atoms with Crippen LogP contribution in [0.2, 0.25) is 5.02 Å². The van der Waals surface area contributed by atoms with Gasteiger partial charge in [0.2, 0.25) is 21.8 Å². The predicted molar refractivity (Wildman–Crippen MR) is 128 cm³/mol. The van der Waals surface area contributed by atoms with Crippen molar-refractivity contribution in [1.82, 2.24) is 10.2 Å². The minimum atomic E-state index is -3.57. The fourth-order valence-corrected chi connectivity index (χ4v) is 4.61. The van der Waals surface area contributed by atoms with Crippen molar-refractivity contribution in [2.75, 3.05) is 24.2 Å². The second-order valence-electron chi connectivity index (χ2n) is 7.62. The molecular weight excluding hydrogens is 450 g/mol. The molecule has 2 rings (SSSR count). The van der Waals surface area contributed by atoms with E-state index in [-0.39, 0.29) is 31.3 Å². The molecule has 0 saturated carbocycles. The van der Waals surface area contributed by atoms with Crippen LogP contribution in [-0.4, -0.2) is 51.0 Å². The average Bonchev–Trinajstić information content (AvgIpc) is 2.76. The first-order valence-corrected chi connectivity index (χ1v) is 12.6. The number of sulfonamides is 1. The number of nitrogens with one attached hydrogen (secondary N) is 1. The Bertz CT molecular complexity index is 1040. The molecule has 0 aliphatic rings. The summed E-state index contributed by atoms with van der Waals surface area (Å²) in [6.07, 6.45) is 1.52. The highest BCUT2D eigenvalue weighted by Gasteiger charge is 2.26. The fraction of sp³-hybridized carbons (Fsp3) is 0.391. The second-order valence-corrected chi connectivity index (χ2v) is 9.93. The van der Waals surface area contributed by atoms with Crippen LogP contribution in [0.15, 0.2) is 48.5 Å². The van der Waals surface area contributed by atoms with Crippen molar-refractivity contribution in [1.29, 1.82) is 0 Å². The second kappa shape index (κ2) is 11.3. The fourth-order valence-electron chi connectivity index (χ4n) is 3.42. The van der Waals surface area contributed by atoms with Crippen LogP contribution in [-0.2, 0) is 26.2 Å². The molecule has 174 valence electrons. The van der Waals surface area contributed by atoms with Gasteiger partial charge in [-0.25, -0.2) is 8.42 Å².